The summed E-state index contributed by atoms with van der Waals surface area (Å²) in [6, 6.07) is 18.0. The summed E-state index contributed by atoms with van der Waals surface area (Å²) in [5.74, 6) is 0.851. The first-order valence-corrected chi connectivity index (χ1v) is 12.3. The van der Waals surface area contributed by atoms with Gasteiger partial charge in [0, 0.05) is 42.7 Å². The van der Waals surface area contributed by atoms with E-state index in [0.29, 0.717) is 11.7 Å². The largest absolute Gasteiger partial charge is 0.511 e. The molecule has 1 heterocycles. The molecule has 1 N–H and O–H groups in total. The molecule has 1 saturated carbocycles. The van der Waals surface area contributed by atoms with Crippen molar-refractivity contribution < 1.29 is 30.0 Å². The van der Waals surface area contributed by atoms with E-state index in [2.05, 4.69) is 61.3 Å². The van der Waals surface area contributed by atoms with Crippen LogP contribution in [0.3, 0.4) is 0 Å². The van der Waals surface area contributed by atoms with Gasteiger partial charge in [0.05, 0.1) is 0 Å². The third-order valence-electron chi connectivity index (χ3n) is 7.48. The molecule has 2 aliphatic rings. The molecule has 1 atom stereocenters. The fraction of sp³-hybridized carbons (Fsp3) is 0.419. The number of Topliss-reactive ketones (excluding diaryl/α,β-unsaturated/α-hetero) is 1. The Hall–Kier alpha value is -2.29. The standard InChI is InChI=1S/C17H14N.C14H22O2.Ir/c1-12-9-13(2)11-15(10-12)17-16-6-4-3-5-14(16)7-8-18-17;1-13(2)7-5-9-6-8-14(3,4)12(16)10(9)11(13)15;/h3-10H,1-2H3;9,15H,5-8H2,1-4H3;/q-1;;. The molecule has 1 fully saturated rings. The number of rotatable bonds is 1. The Balaban J connectivity index is 0.000000192. The van der Waals surface area contributed by atoms with Crippen LogP contribution in [0.2, 0.25) is 0 Å². The molecule has 0 saturated heterocycles. The van der Waals surface area contributed by atoms with Crippen LogP contribution in [0.5, 0.6) is 0 Å². The second-order valence-corrected chi connectivity index (χ2v) is 11.3. The van der Waals surface area contributed by atoms with Gasteiger partial charge in [-0.15, -0.1) is 34.9 Å². The van der Waals surface area contributed by atoms with Crippen LogP contribution in [0, 0.1) is 36.7 Å². The van der Waals surface area contributed by atoms with Gasteiger partial charge in [-0.25, -0.2) is 0 Å². The van der Waals surface area contributed by atoms with Crippen LogP contribution in [0.15, 0.2) is 60.0 Å². The Bertz CT molecular complexity index is 1250. The van der Waals surface area contributed by atoms with E-state index in [1.165, 1.54) is 16.3 Å². The number of nitrogens with zero attached hydrogens (tertiary/aromatic N) is 1. The fourth-order valence-corrected chi connectivity index (χ4v) is 5.31. The van der Waals surface area contributed by atoms with E-state index in [0.717, 1.165) is 48.1 Å². The van der Waals surface area contributed by atoms with Gasteiger partial charge < -0.3 is 10.1 Å². The summed E-state index contributed by atoms with van der Waals surface area (Å²) in [4.78, 5) is 16.9. The summed E-state index contributed by atoms with van der Waals surface area (Å²) >= 11 is 0. The van der Waals surface area contributed by atoms with Crippen molar-refractivity contribution in [2.24, 2.45) is 16.7 Å². The molecule has 0 bridgehead atoms. The molecule has 4 heteroatoms. The molecule has 3 nitrogen and oxygen atoms in total. The SMILES string of the molecule is CC1(C)CCC2CCC(C)(C)C(O)=C2C1=O.Cc1[c-]c(-c2nccc3ccccc23)cc(C)c1.[Ir]. The molecule has 1 unspecified atom stereocenters. The van der Waals surface area contributed by atoms with Gasteiger partial charge in [0.1, 0.15) is 5.76 Å². The average Bonchev–Trinajstić information content (AvgIpc) is 2.78. The number of carbonyl (C=O) groups excluding carboxylic acids is 1. The maximum Gasteiger partial charge on any atom is 0.168 e. The number of benzene rings is 2. The number of pyridine rings is 1. The van der Waals surface area contributed by atoms with Crippen LogP contribution in [0.1, 0.15) is 64.5 Å². The van der Waals surface area contributed by atoms with Gasteiger partial charge >= 0.3 is 0 Å². The Labute approximate surface area is 223 Å². The maximum atomic E-state index is 12.4. The maximum absolute atomic E-state index is 12.4. The predicted molar refractivity (Wildman–Crippen MR) is 140 cm³/mol. The number of ketones is 1. The Morgan fingerprint density at radius 2 is 1.63 bits per heavy atom. The van der Waals surface area contributed by atoms with Gasteiger partial charge in [-0.1, -0.05) is 65.8 Å². The molecule has 187 valence electrons. The van der Waals surface area contributed by atoms with Gasteiger partial charge in [0.15, 0.2) is 5.78 Å². The van der Waals surface area contributed by atoms with Crippen molar-refractivity contribution in [1.82, 2.24) is 4.98 Å². The summed E-state index contributed by atoms with van der Waals surface area (Å²) in [7, 11) is 0. The van der Waals surface area contributed by atoms with E-state index < -0.39 is 0 Å². The van der Waals surface area contributed by atoms with E-state index in [1.807, 2.05) is 40.0 Å². The van der Waals surface area contributed by atoms with Gasteiger partial charge in [-0.05, 0) is 54.1 Å². The Morgan fingerprint density at radius 3 is 2.31 bits per heavy atom. The van der Waals surface area contributed by atoms with E-state index in [4.69, 9.17) is 0 Å². The molecule has 3 aromatic rings. The summed E-state index contributed by atoms with van der Waals surface area (Å²) in [5.41, 5.74) is 4.73. The fourth-order valence-electron chi connectivity index (χ4n) is 5.31. The molecule has 0 spiro atoms. The minimum absolute atomic E-state index is 0. The van der Waals surface area contributed by atoms with Crippen molar-refractivity contribution in [1.29, 1.82) is 0 Å². The van der Waals surface area contributed by atoms with Crippen LogP contribution < -0.4 is 0 Å². The number of hydrogen-bond acceptors (Lipinski definition) is 3. The number of hydrogen-bond donors (Lipinski definition) is 1. The normalized spacial score (nSPS) is 20.4. The topological polar surface area (TPSA) is 50.2 Å². The summed E-state index contributed by atoms with van der Waals surface area (Å²) in [6.45, 7) is 12.2. The van der Waals surface area contributed by atoms with Gasteiger partial charge in [0.2, 0.25) is 0 Å². The summed E-state index contributed by atoms with van der Waals surface area (Å²) in [5, 5.41) is 12.7. The molecule has 0 aliphatic heterocycles. The summed E-state index contributed by atoms with van der Waals surface area (Å²) < 4.78 is 0. The van der Waals surface area contributed by atoms with E-state index in [1.54, 1.807) is 0 Å². The van der Waals surface area contributed by atoms with Crippen molar-refractivity contribution in [2.45, 2.75) is 67.2 Å². The zero-order chi connectivity index (χ0) is 24.7. The molecule has 1 radical (unpaired) electrons. The van der Waals surface area contributed by atoms with Crippen LogP contribution >= 0.6 is 0 Å². The first-order valence-electron chi connectivity index (χ1n) is 12.3. The van der Waals surface area contributed by atoms with Crippen LogP contribution in [-0.4, -0.2) is 15.9 Å². The molecular formula is C31H36IrNO2-. The molecule has 2 aromatic carbocycles. The monoisotopic (exact) mass is 647 g/mol. The number of aliphatic hydroxyl groups is 1. The van der Waals surface area contributed by atoms with Gasteiger partial charge in [-0.2, -0.15) is 0 Å². The number of fused-ring (bicyclic) bond motifs is 2. The van der Waals surface area contributed by atoms with Crippen molar-refractivity contribution in [2.75, 3.05) is 0 Å². The number of aliphatic hydroxyl groups excluding tert-OH is 1. The average molecular weight is 647 g/mol. The van der Waals surface area contributed by atoms with Crippen LogP contribution in [0.4, 0.5) is 0 Å². The predicted octanol–water partition coefficient (Wildman–Crippen LogP) is 7.94. The first kappa shape index (κ1) is 27.3. The van der Waals surface area contributed by atoms with E-state index in [-0.39, 0.29) is 36.7 Å². The van der Waals surface area contributed by atoms with Gasteiger partial charge in [-0.3, -0.25) is 4.79 Å². The minimum atomic E-state index is -0.284. The van der Waals surface area contributed by atoms with Crippen molar-refractivity contribution in [3.63, 3.8) is 0 Å². The van der Waals surface area contributed by atoms with Gasteiger partial charge in [0.25, 0.3) is 0 Å². The third kappa shape index (κ3) is 5.60. The van der Waals surface area contributed by atoms with E-state index in [9.17, 15) is 9.90 Å². The molecule has 1 aromatic heterocycles. The van der Waals surface area contributed by atoms with E-state index >= 15 is 0 Å². The van der Waals surface area contributed by atoms with Crippen molar-refractivity contribution in [3.8, 4) is 11.3 Å². The summed E-state index contributed by atoms with van der Waals surface area (Å²) in [6.07, 6.45) is 5.90. The second-order valence-electron chi connectivity index (χ2n) is 11.3. The number of allylic oxidation sites excluding steroid dienone is 2. The Kier molecular flexibility index (Phi) is 8.09. The first-order chi connectivity index (χ1) is 16.0. The van der Waals surface area contributed by atoms with Crippen molar-refractivity contribution >= 4 is 16.6 Å². The van der Waals surface area contributed by atoms with Crippen LogP contribution in [0.25, 0.3) is 22.0 Å². The molecular weight excluding hydrogens is 611 g/mol. The Morgan fingerprint density at radius 1 is 0.971 bits per heavy atom. The molecule has 0 amide bonds. The second kappa shape index (κ2) is 10.4. The van der Waals surface area contributed by atoms with Crippen LogP contribution in [-0.2, 0) is 24.9 Å². The zero-order valence-corrected chi connectivity index (χ0v) is 24.1. The quantitative estimate of drug-likeness (QED) is 0.273. The number of carbonyl (C=O) groups is 1. The molecule has 35 heavy (non-hydrogen) atoms. The number of aromatic nitrogens is 1. The third-order valence-corrected chi connectivity index (χ3v) is 7.48. The molecule has 2 aliphatic carbocycles. The zero-order valence-electron chi connectivity index (χ0n) is 21.7. The smallest absolute Gasteiger partial charge is 0.168 e. The molecule has 5 rings (SSSR count). The minimum Gasteiger partial charge on any atom is -0.511 e. The number of aryl methyl sites for hydroxylation is 2. The van der Waals surface area contributed by atoms with Crippen molar-refractivity contribution in [3.05, 3.63) is 77.2 Å².